The summed E-state index contributed by atoms with van der Waals surface area (Å²) in [6, 6.07) is 4.74. The highest BCUT2D eigenvalue weighted by atomic mass is 32.1. The molecule has 0 saturated carbocycles. The monoisotopic (exact) mass is 360 g/mol. The van der Waals surface area contributed by atoms with E-state index in [2.05, 4.69) is 15.4 Å². The van der Waals surface area contributed by atoms with Crippen LogP contribution in [0.2, 0.25) is 0 Å². The van der Waals surface area contributed by atoms with Gasteiger partial charge in [-0.1, -0.05) is 18.3 Å². The molecule has 8 nitrogen and oxygen atoms in total. The molecule has 3 aromatic rings. The summed E-state index contributed by atoms with van der Waals surface area (Å²) in [5, 5.41) is 7.56. The molecule has 2 aromatic heterocycles. The molecule has 2 heterocycles. The van der Waals surface area contributed by atoms with Crippen molar-refractivity contribution in [2.24, 2.45) is 0 Å². The number of anilines is 1. The first-order valence-corrected chi connectivity index (χ1v) is 8.30. The van der Waals surface area contributed by atoms with Gasteiger partial charge in [0.2, 0.25) is 4.96 Å². The third-order valence-electron chi connectivity index (χ3n) is 3.53. The summed E-state index contributed by atoms with van der Waals surface area (Å²) < 4.78 is 11.5. The van der Waals surface area contributed by atoms with E-state index in [0.29, 0.717) is 28.4 Å². The first kappa shape index (κ1) is 16.9. The van der Waals surface area contributed by atoms with Gasteiger partial charge in [-0.2, -0.15) is 9.61 Å². The lowest BCUT2D eigenvalue weighted by Crippen LogP contribution is -2.23. The maximum Gasteiger partial charge on any atom is 0.298 e. The van der Waals surface area contributed by atoms with Crippen LogP contribution in [0.3, 0.4) is 0 Å². The number of nitrogens with one attached hydrogen (secondary N) is 1. The number of aromatic nitrogens is 3. The molecule has 0 saturated heterocycles. The van der Waals surface area contributed by atoms with Crippen LogP contribution in [0.1, 0.15) is 22.3 Å². The van der Waals surface area contributed by atoms with Crippen LogP contribution in [0.25, 0.3) is 4.96 Å². The Morgan fingerprint density at radius 3 is 2.72 bits per heavy atom. The van der Waals surface area contributed by atoms with E-state index in [9.17, 15) is 9.59 Å². The van der Waals surface area contributed by atoms with Crippen LogP contribution in [0.4, 0.5) is 5.69 Å². The van der Waals surface area contributed by atoms with E-state index in [1.54, 1.807) is 12.1 Å². The van der Waals surface area contributed by atoms with Crippen molar-refractivity contribution < 1.29 is 14.3 Å². The van der Waals surface area contributed by atoms with Gasteiger partial charge >= 0.3 is 0 Å². The number of ether oxygens (including phenoxy) is 2. The maximum absolute atomic E-state index is 12.5. The number of benzene rings is 1. The number of fused-ring (bicyclic) bond motifs is 1. The van der Waals surface area contributed by atoms with Crippen LogP contribution >= 0.6 is 11.3 Å². The standard InChI is InChI=1S/C16H16N4O4S/c1-4-13-19-20-15(22)10(8-17-16(20)25-13)18-14(21)9-5-6-11(23-2)12(7-9)24-3/h5-8H,4H2,1-3H3,(H,18,21). The number of amides is 1. The van der Waals surface area contributed by atoms with E-state index >= 15 is 0 Å². The lowest BCUT2D eigenvalue weighted by Gasteiger charge is -2.09. The van der Waals surface area contributed by atoms with Gasteiger partial charge in [-0.25, -0.2) is 4.98 Å². The zero-order chi connectivity index (χ0) is 18.0. The molecule has 0 aliphatic heterocycles. The molecule has 25 heavy (non-hydrogen) atoms. The predicted molar refractivity (Wildman–Crippen MR) is 94.0 cm³/mol. The number of hydrogen-bond donors (Lipinski definition) is 1. The highest BCUT2D eigenvalue weighted by molar-refractivity contribution is 7.16. The largest absolute Gasteiger partial charge is 0.493 e. The summed E-state index contributed by atoms with van der Waals surface area (Å²) >= 11 is 1.34. The molecule has 0 aliphatic rings. The average molecular weight is 360 g/mol. The second kappa shape index (κ2) is 6.89. The first-order chi connectivity index (χ1) is 12.1. The Bertz CT molecular complexity index is 995. The van der Waals surface area contributed by atoms with Crippen molar-refractivity contribution in [1.29, 1.82) is 0 Å². The fraction of sp³-hybridized carbons (Fsp3) is 0.250. The molecule has 0 radical (unpaired) electrons. The highest BCUT2D eigenvalue weighted by Crippen LogP contribution is 2.27. The van der Waals surface area contributed by atoms with Crippen molar-refractivity contribution in [1.82, 2.24) is 14.6 Å². The van der Waals surface area contributed by atoms with Crippen molar-refractivity contribution in [3.05, 3.63) is 45.3 Å². The van der Waals surface area contributed by atoms with Gasteiger partial charge in [-0.3, -0.25) is 9.59 Å². The van der Waals surface area contributed by atoms with Crippen LogP contribution in [-0.2, 0) is 6.42 Å². The number of methoxy groups -OCH3 is 2. The molecule has 0 spiro atoms. The number of carbonyl (C=O) groups is 1. The van der Waals surface area contributed by atoms with Crippen molar-refractivity contribution >= 4 is 27.9 Å². The molecule has 1 aromatic carbocycles. The zero-order valence-electron chi connectivity index (χ0n) is 13.9. The molecule has 0 atom stereocenters. The number of carbonyl (C=O) groups excluding carboxylic acids is 1. The summed E-state index contributed by atoms with van der Waals surface area (Å²) in [6.07, 6.45) is 2.05. The topological polar surface area (TPSA) is 94.8 Å². The van der Waals surface area contributed by atoms with Crippen LogP contribution in [0, 0.1) is 0 Å². The van der Waals surface area contributed by atoms with Gasteiger partial charge in [-0.05, 0) is 24.6 Å². The summed E-state index contributed by atoms with van der Waals surface area (Å²) in [7, 11) is 3.00. The Morgan fingerprint density at radius 2 is 2.04 bits per heavy atom. The molecular weight excluding hydrogens is 344 g/mol. The Hall–Kier alpha value is -2.94. The molecule has 0 bridgehead atoms. The molecule has 3 rings (SSSR count). The summed E-state index contributed by atoms with van der Waals surface area (Å²) in [6.45, 7) is 1.95. The minimum atomic E-state index is -0.453. The first-order valence-electron chi connectivity index (χ1n) is 7.48. The van der Waals surface area contributed by atoms with Gasteiger partial charge in [0.25, 0.3) is 11.5 Å². The summed E-state index contributed by atoms with van der Waals surface area (Å²) in [5.74, 6) is 0.482. The molecular formula is C16H16N4O4S. The smallest absolute Gasteiger partial charge is 0.298 e. The Labute approximate surface area is 147 Å². The fourth-order valence-corrected chi connectivity index (χ4v) is 3.02. The molecule has 0 aliphatic carbocycles. The minimum Gasteiger partial charge on any atom is -0.493 e. The van der Waals surface area contributed by atoms with E-state index in [1.807, 2.05) is 6.92 Å². The Kier molecular flexibility index (Phi) is 4.66. The Morgan fingerprint density at radius 1 is 1.28 bits per heavy atom. The van der Waals surface area contributed by atoms with E-state index in [4.69, 9.17) is 9.47 Å². The summed E-state index contributed by atoms with van der Waals surface area (Å²) in [4.78, 5) is 29.6. The van der Waals surface area contributed by atoms with E-state index in [-0.39, 0.29) is 5.69 Å². The Balaban J connectivity index is 1.92. The van der Waals surface area contributed by atoms with Crippen LogP contribution in [0.5, 0.6) is 11.5 Å². The molecule has 1 amide bonds. The number of hydrogen-bond acceptors (Lipinski definition) is 7. The van der Waals surface area contributed by atoms with E-state index in [0.717, 1.165) is 5.01 Å². The van der Waals surface area contributed by atoms with Gasteiger partial charge in [0, 0.05) is 5.56 Å². The summed E-state index contributed by atoms with van der Waals surface area (Å²) in [5.41, 5.74) is -0.0327. The molecule has 0 unspecified atom stereocenters. The van der Waals surface area contributed by atoms with Gasteiger partial charge < -0.3 is 14.8 Å². The van der Waals surface area contributed by atoms with Crippen molar-refractivity contribution in [3.8, 4) is 11.5 Å². The SMILES string of the molecule is CCc1nn2c(=O)c(NC(=O)c3ccc(OC)c(OC)c3)cnc2s1. The lowest BCUT2D eigenvalue weighted by atomic mass is 10.2. The third-order valence-corrected chi connectivity index (χ3v) is 4.59. The quantitative estimate of drug-likeness (QED) is 0.748. The van der Waals surface area contributed by atoms with Gasteiger partial charge in [0.05, 0.1) is 20.4 Å². The zero-order valence-corrected chi connectivity index (χ0v) is 14.7. The number of nitrogens with zero attached hydrogens (tertiary/aromatic N) is 3. The number of rotatable bonds is 5. The van der Waals surface area contributed by atoms with Crippen LogP contribution in [0.15, 0.2) is 29.2 Å². The van der Waals surface area contributed by atoms with Crippen molar-refractivity contribution in [2.45, 2.75) is 13.3 Å². The van der Waals surface area contributed by atoms with Crippen LogP contribution in [-0.4, -0.2) is 34.7 Å². The van der Waals surface area contributed by atoms with Crippen molar-refractivity contribution in [2.75, 3.05) is 19.5 Å². The van der Waals surface area contributed by atoms with E-state index < -0.39 is 11.5 Å². The van der Waals surface area contributed by atoms with Crippen LogP contribution < -0.4 is 20.3 Å². The predicted octanol–water partition coefficient (Wildman–Crippen LogP) is 1.98. The number of aryl methyl sites for hydroxylation is 1. The molecule has 1 N–H and O–H groups in total. The molecule has 130 valence electrons. The fourth-order valence-electron chi connectivity index (χ4n) is 2.23. The van der Waals surface area contributed by atoms with Gasteiger partial charge in [-0.15, -0.1) is 0 Å². The molecule has 0 fully saturated rings. The molecule has 9 heteroatoms. The highest BCUT2D eigenvalue weighted by Gasteiger charge is 2.15. The second-order valence-electron chi connectivity index (χ2n) is 5.04. The van der Waals surface area contributed by atoms with Gasteiger partial charge in [0.15, 0.2) is 11.5 Å². The normalized spacial score (nSPS) is 10.7. The van der Waals surface area contributed by atoms with Crippen molar-refractivity contribution in [3.63, 3.8) is 0 Å². The minimum absolute atomic E-state index is 0.0604. The van der Waals surface area contributed by atoms with E-state index in [1.165, 1.54) is 42.3 Å². The lowest BCUT2D eigenvalue weighted by molar-refractivity contribution is 0.102. The third kappa shape index (κ3) is 3.18. The maximum atomic E-state index is 12.5. The average Bonchev–Trinajstić information content (AvgIpc) is 3.07. The second-order valence-corrected chi connectivity index (χ2v) is 6.09. The van der Waals surface area contributed by atoms with Gasteiger partial charge in [0.1, 0.15) is 10.7 Å².